The van der Waals surface area contributed by atoms with Crippen molar-refractivity contribution >= 4 is 0 Å². The molecule has 2 nitrogen and oxygen atoms in total. The van der Waals surface area contributed by atoms with Crippen LogP contribution >= 0.6 is 0 Å². The normalized spacial score (nSPS) is 3.00. The van der Waals surface area contributed by atoms with Gasteiger partial charge in [0.1, 0.15) is 0 Å². The zero-order valence-electron chi connectivity index (χ0n) is 2.79. The summed E-state index contributed by atoms with van der Waals surface area (Å²) < 4.78 is 19.0. The summed E-state index contributed by atoms with van der Waals surface area (Å²) in [7, 11) is 0. The Hall–Kier alpha value is 0.299. The Labute approximate surface area is 45.9 Å². The Kier molecular flexibility index (Phi) is 324. The molecule has 0 aromatic carbocycles. The number of rotatable bonds is 0. The van der Waals surface area contributed by atoms with Gasteiger partial charge in [0.25, 0.3) is 0 Å². The molecule has 0 aromatic heterocycles. The quantitative estimate of drug-likeness (QED) is 0.372. The van der Waals surface area contributed by atoms with Crippen molar-refractivity contribution in [2.75, 3.05) is 0 Å². The van der Waals surface area contributed by atoms with E-state index in [0.717, 1.165) is 0 Å². The molecule has 4 N–H and O–H groups in total. The predicted octanol–water partition coefficient (Wildman–Crippen LogP) is 2.48. The fraction of sp³-hybridized carbons (Fsp3) is 0. The smallest absolute Gasteiger partial charge is 0 e. The predicted molar refractivity (Wildman–Crippen MR) is 17.1 cm³/mol. The molecule has 6 heavy (non-hydrogen) atoms. The van der Waals surface area contributed by atoms with E-state index in [1.165, 1.54) is 0 Å². The Morgan fingerprint density at radius 3 is 1.00 bits per heavy atom. The molecule has 0 aliphatic carbocycles. The van der Waals surface area contributed by atoms with E-state index in [4.69, 9.17) is 0 Å². The van der Waals surface area contributed by atoms with Crippen LogP contribution in [0.3, 0.4) is 0 Å². The summed E-state index contributed by atoms with van der Waals surface area (Å²) in [5.74, 6) is 0. The van der Waals surface area contributed by atoms with Crippen LogP contribution < -0.4 is 0 Å². The summed E-state index contributed by atoms with van der Waals surface area (Å²) >= 11 is 0. The molecular formula is CH5CuF2N2-3. The fourth-order valence-corrected chi connectivity index (χ4v) is 0. The standard InChI is InChI=1S/CHF2.Cu.2H2N/c2-1-3;;;/h1H;;2*1H2/q-1;;2*-1. The van der Waals surface area contributed by atoms with Gasteiger partial charge in [-0.3, -0.25) is 0 Å². The maximum absolute atomic E-state index is 9.50. The SMILES string of the molecule is F[CH-]F.[Cu].[NH2-].[NH2-]. The topological polar surface area (TPSA) is 67.0 Å². The third-order valence-electron chi connectivity index (χ3n) is 0. The molecule has 0 heterocycles. The second kappa shape index (κ2) is 58.0. The van der Waals surface area contributed by atoms with Crippen molar-refractivity contribution < 1.29 is 25.8 Å². The van der Waals surface area contributed by atoms with Crippen molar-refractivity contribution in [1.82, 2.24) is 0 Å². The van der Waals surface area contributed by atoms with Gasteiger partial charge in [-0.25, -0.2) is 0 Å². The van der Waals surface area contributed by atoms with Gasteiger partial charge in [0, 0.05) is 17.1 Å². The van der Waals surface area contributed by atoms with Crippen LogP contribution in [0.5, 0.6) is 0 Å². The maximum atomic E-state index is 9.50. The minimum atomic E-state index is -1.00. The molecule has 0 spiro atoms. The number of halogens is 2. The van der Waals surface area contributed by atoms with Gasteiger partial charge in [-0.05, 0) is 6.93 Å². The summed E-state index contributed by atoms with van der Waals surface area (Å²) in [5, 5.41) is 0. The zero-order valence-corrected chi connectivity index (χ0v) is 3.73. The molecule has 0 bridgehead atoms. The van der Waals surface area contributed by atoms with Crippen LogP contribution in [0.1, 0.15) is 0 Å². The van der Waals surface area contributed by atoms with Gasteiger partial charge in [-0.1, -0.05) is 0 Å². The van der Waals surface area contributed by atoms with Crippen molar-refractivity contribution in [3.8, 4) is 0 Å². The monoisotopic (exact) mass is 146 g/mol. The van der Waals surface area contributed by atoms with E-state index >= 15 is 0 Å². The van der Waals surface area contributed by atoms with Gasteiger partial charge in [-0.15, -0.1) is 0 Å². The van der Waals surface area contributed by atoms with Crippen LogP contribution in [-0.4, -0.2) is 0 Å². The van der Waals surface area contributed by atoms with Gasteiger partial charge < -0.3 is 21.1 Å². The molecule has 0 unspecified atom stereocenters. The van der Waals surface area contributed by atoms with Crippen molar-refractivity contribution in [2.45, 2.75) is 0 Å². The number of hydrogen-bond acceptors (Lipinski definition) is 0. The molecule has 0 aromatic rings. The molecule has 5 heteroatoms. The van der Waals surface area contributed by atoms with Crippen molar-refractivity contribution in [1.29, 1.82) is 0 Å². The first-order valence-electron chi connectivity index (χ1n) is 0.436. The fourth-order valence-electron chi connectivity index (χ4n) is 0. The number of nitrogens with two attached hydrogens (primary N) is 2. The zero-order chi connectivity index (χ0) is 2.71. The third kappa shape index (κ3) is 522. The largest absolute Gasteiger partial charge is 0.693 e. The van der Waals surface area contributed by atoms with Crippen LogP contribution in [0.25, 0.3) is 12.3 Å². The molecule has 0 saturated heterocycles. The molecule has 0 atom stereocenters. The molecule has 47 valence electrons. The van der Waals surface area contributed by atoms with Gasteiger partial charge in [0.15, 0.2) is 0 Å². The van der Waals surface area contributed by atoms with E-state index in [1.54, 1.807) is 0 Å². The van der Waals surface area contributed by atoms with Gasteiger partial charge >= 0.3 is 0 Å². The summed E-state index contributed by atoms with van der Waals surface area (Å²) in [6, 6.07) is 0. The van der Waals surface area contributed by atoms with Crippen LogP contribution in [0, 0.1) is 6.93 Å². The van der Waals surface area contributed by atoms with Crippen molar-refractivity contribution in [3.05, 3.63) is 19.2 Å². The average Bonchev–Trinajstić information content (AvgIpc) is 0.918. The Bertz CT molecular complexity index is 11.5. The first kappa shape index (κ1) is 33.5. The molecule has 1 radical (unpaired) electrons. The molecule has 0 rings (SSSR count). The third-order valence-corrected chi connectivity index (χ3v) is 0. The average molecular weight is 147 g/mol. The Balaban J connectivity index is -0.00000000667. The van der Waals surface area contributed by atoms with Crippen LogP contribution in [0.15, 0.2) is 0 Å². The van der Waals surface area contributed by atoms with E-state index in [-0.39, 0.29) is 29.4 Å². The first-order valence-corrected chi connectivity index (χ1v) is 0.436. The van der Waals surface area contributed by atoms with E-state index in [0.29, 0.717) is 0 Å². The molecule has 0 aliphatic rings. The van der Waals surface area contributed by atoms with E-state index in [1.807, 2.05) is 0 Å². The van der Waals surface area contributed by atoms with E-state index < -0.39 is 6.93 Å². The Morgan fingerprint density at radius 1 is 1.00 bits per heavy atom. The second-order valence-electron chi connectivity index (χ2n) is 0.0825. The summed E-state index contributed by atoms with van der Waals surface area (Å²) in [6.07, 6.45) is 0. The van der Waals surface area contributed by atoms with Gasteiger partial charge in [0.2, 0.25) is 0 Å². The molecule has 0 aliphatic heterocycles. The van der Waals surface area contributed by atoms with Crippen LogP contribution in [0.4, 0.5) is 8.78 Å². The van der Waals surface area contributed by atoms with E-state index in [9.17, 15) is 8.78 Å². The van der Waals surface area contributed by atoms with Gasteiger partial charge in [-0.2, -0.15) is 0 Å². The summed E-state index contributed by atoms with van der Waals surface area (Å²) in [4.78, 5) is 0. The van der Waals surface area contributed by atoms with E-state index in [2.05, 4.69) is 0 Å². The summed E-state index contributed by atoms with van der Waals surface area (Å²) in [5.41, 5.74) is 0. The minimum absolute atomic E-state index is 0. The Morgan fingerprint density at radius 2 is 1.00 bits per heavy atom. The first-order chi connectivity index (χ1) is 1.41. The van der Waals surface area contributed by atoms with Crippen molar-refractivity contribution in [3.63, 3.8) is 0 Å². The van der Waals surface area contributed by atoms with Gasteiger partial charge in [0.05, 0.1) is 0 Å². The van der Waals surface area contributed by atoms with Crippen LogP contribution in [0.2, 0.25) is 0 Å². The molecule has 0 amide bonds. The van der Waals surface area contributed by atoms with Crippen LogP contribution in [-0.2, 0) is 17.1 Å². The number of hydrogen-bond donors (Lipinski definition) is 0. The second-order valence-corrected chi connectivity index (χ2v) is 0.0825. The summed E-state index contributed by atoms with van der Waals surface area (Å²) in [6.45, 7) is -1.00. The maximum Gasteiger partial charge on any atom is 0 e. The minimum Gasteiger partial charge on any atom is -0.693 e. The van der Waals surface area contributed by atoms with Crippen molar-refractivity contribution in [2.24, 2.45) is 0 Å². The molecular weight excluding hydrogens is 142 g/mol. The molecule has 0 fully saturated rings. The molecule has 0 saturated carbocycles.